The molecular weight excluding hydrogens is 280 g/mol. The van der Waals surface area contributed by atoms with Crippen LogP contribution in [0, 0.1) is 11.6 Å². The summed E-state index contributed by atoms with van der Waals surface area (Å²) in [6, 6.07) is 2.66. The highest BCUT2D eigenvalue weighted by Crippen LogP contribution is 2.22. The second-order valence-corrected chi connectivity index (χ2v) is 4.65. The van der Waals surface area contributed by atoms with Crippen LogP contribution in [0.15, 0.2) is 16.6 Å². The van der Waals surface area contributed by atoms with Gasteiger partial charge in [-0.05, 0) is 40.9 Å². The summed E-state index contributed by atoms with van der Waals surface area (Å²) >= 11 is 2.93. The Bertz CT molecular complexity index is 432. The van der Waals surface area contributed by atoms with Gasteiger partial charge in [0.05, 0.1) is 16.6 Å². The van der Waals surface area contributed by atoms with Crippen LogP contribution in [0.5, 0.6) is 0 Å². The molecule has 0 radical (unpaired) electrons. The molecule has 1 aromatic rings. The smallest absolute Gasteiger partial charge is 0.182 e. The minimum absolute atomic E-state index is 0.0189. The van der Waals surface area contributed by atoms with Crippen molar-refractivity contribution >= 4 is 21.7 Å². The molecular formula is C11H10BrF2NO. The molecule has 2 rings (SSSR count). The third kappa shape index (κ3) is 2.47. The highest BCUT2D eigenvalue weighted by molar-refractivity contribution is 9.10. The Balaban J connectivity index is 2.17. The van der Waals surface area contributed by atoms with E-state index in [1.807, 2.05) is 0 Å². The van der Waals surface area contributed by atoms with Gasteiger partial charge in [0, 0.05) is 6.04 Å². The number of carbonyl (C=O) groups is 1. The highest BCUT2D eigenvalue weighted by Gasteiger charge is 2.24. The summed E-state index contributed by atoms with van der Waals surface area (Å²) in [4.78, 5) is 11.6. The molecule has 0 heterocycles. The van der Waals surface area contributed by atoms with Gasteiger partial charge in [0.15, 0.2) is 11.6 Å². The van der Waals surface area contributed by atoms with Crippen LogP contribution in [0.2, 0.25) is 0 Å². The molecule has 16 heavy (non-hydrogen) atoms. The Labute approximate surface area is 100 Å². The van der Waals surface area contributed by atoms with Gasteiger partial charge in [-0.25, -0.2) is 8.78 Å². The van der Waals surface area contributed by atoms with Crippen molar-refractivity contribution in [1.82, 2.24) is 5.32 Å². The van der Waals surface area contributed by atoms with Gasteiger partial charge >= 0.3 is 0 Å². The van der Waals surface area contributed by atoms with E-state index in [9.17, 15) is 13.6 Å². The van der Waals surface area contributed by atoms with Crippen LogP contribution in [0.25, 0.3) is 0 Å². The zero-order valence-corrected chi connectivity index (χ0v) is 9.98. The minimum atomic E-state index is -0.831. The predicted octanol–water partition coefficient (Wildman–Crippen LogP) is 2.66. The fourth-order valence-electron chi connectivity index (χ4n) is 1.40. The van der Waals surface area contributed by atoms with Gasteiger partial charge in [-0.15, -0.1) is 0 Å². The number of ketones is 1. The average Bonchev–Trinajstić information content (AvgIpc) is 3.05. The SMILES string of the molecule is O=C(CNC1CC1)c1c(F)ccc(Br)c1F. The molecule has 5 heteroatoms. The lowest BCUT2D eigenvalue weighted by atomic mass is 10.1. The Morgan fingerprint density at radius 3 is 2.75 bits per heavy atom. The van der Waals surface area contributed by atoms with E-state index in [4.69, 9.17) is 0 Å². The summed E-state index contributed by atoms with van der Waals surface area (Å²) in [5.41, 5.74) is -0.470. The second-order valence-electron chi connectivity index (χ2n) is 3.80. The molecule has 0 saturated heterocycles. The van der Waals surface area contributed by atoms with Crippen molar-refractivity contribution in [3.63, 3.8) is 0 Å². The maximum Gasteiger partial charge on any atom is 0.182 e. The summed E-state index contributed by atoms with van der Waals surface area (Å²) in [5, 5.41) is 2.93. The van der Waals surface area contributed by atoms with Crippen LogP contribution < -0.4 is 5.32 Å². The van der Waals surface area contributed by atoms with E-state index in [-0.39, 0.29) is 11.0 Å². The van der Waals surface area contributed by atoms with Crippen molar-refractivity contribution in [2.24, 2.45) is 0 Å². The average molecular weight is 290 g/mol. The molecule has 1 aliphatic carbocycles. The molecule has 1 aromatic carbocycles. The Hall–Kier alpha value is -0.810. The first-order valence-electron chi connectivity index (χ1n) is 4.99. The number of hydrogen-bond donors (Lipinski definition) is 1. The van der Waals surface area contributed by atoms with Crippen molar-refractivity contribution in [2.75, 3.05) is 6.54 Å². The summed E-state index contributed by atoms with van der Waals surface area (Å²) in [7, 11) is 0. The number of hydrogen-bond acceptors (Lipinski definition) is 2. The highest BCUT2D eigenvalue weighted by atomic mass is 79.9. The van der Waals surface area contributed by atoms with Crippen molar-refractivity contribution in [3.8, 4) is 0 Å². The van der Waals surface area contributed by atoms with Gasteiger partial charge in [0.1, 0.15) is 5.82 Å². The molecule has 0 spiro atoms. The molecule has 0 unspecified atom stereocenters. The maximum atomic E-state index is 13.5. The van der Waals surface area contributed by atoms with Crippen molar-refractivity contribution in [3.05, 3.63) is 33.8 Å². The van der Waals surface area contributed by atoms with Crippen molar-refractivity contribution in [1.29, 1.82) is 0 Å². The number of nitrogens with one attached hydrogen (secondary N) is 1. The predicted molar refractivity (Wildman–Crippen MR) is 59.4 cm³/mol. The zero-order chi connectivity index (χ0) is 11.7. The molecule has 1 aliphatic rings. The molecule has 0 amide bonds. The summed E-state index contributed by atoms with van der Waals surface area (Å²) in [6.45, 7) is -0.0189. The van der Waals surface area contributed by atoms with E-state index in [1.165, 1.54) is 6.07 Å². The fourth-order valence-corrected chi connectivity index (χ4v) is 1.73. The summed E-state index contributed by atoms with van der Waals surface area (Å²) in [6.07, 6.45) is 2.05. The molecule has 2 nitrogen and oxygen atoms in total. The minimum Gasteiger partial charge on any atom is -0.307 e. The standard InChI is InChI=1S/C11H10BrF2NO/c12-7-3-4-8(13)10(11(7)14)9(16)5-15-6-1-2-6/h3-4,6,15H,1-2,5H2. The van der Waals surface area contributed by atoms with Crippen LogP contribution in [0.4, 0.5) is 8.78 Å². The molecule has 0 bridgehead atoms. The molecule has 1 N–H and O–H groups in total. The molecule has 0 aliphatic heterocycles. The fraction of sp³-hybridized carbons (Fsp3) is 0.364. The third-order valence-corrected chi connectivity index (χ3v) is 3.06. The van der Waals surface area contributed by atoms with Crippen LogP contribution in [0.3, 0.4) is 0 Å². The van der Waals surface area contributed by atoms with Gasteiger partial charge in [0.2, 0.25) is 0 Å². The van der Waals surface area contributed by atoms with Gasteiger partial charge in [-0.2, -0.15) is 0 Å². The van der Waals surface area contributed by atoms with Gasteiger partial charge in [-0.3, -0.25) is 4.79 Å². The number of halogens is 3. The summed E-state index contributed by atoms with van der Waals surface area (Å²) < 4.78 is 26.9. The molecule has 0 atom stereocenters. The van der Waals surface area contributed by atoms with Gasteiger partial charge in [0.25, 0.3) is 0 Å². The Morgan fingerprint density at radius 2 is 2.12 bits per heavy atom. The van der Waals surface area contributed by atoms with E-state index in [0.29, 0.717) is 6.04 Å². The first-order valence-corrected chi connectivity index (χ1v) is 5.79. The lowest BCUT2D eigenvalue weighted by molar-refractivity contribution is 0.0982. The normalized spacial score (nSPS) is 15.2. The number of carbonyl (C=O) groups excluding carboxylic acids is 1. The van der Waals surface area contributed by atoms with E-state index < -0.39 is 23.0 Å². The maximum absolute atomic E-state index is 13.5. The lowest BCUT2D eigenvalue weighted by Crippen LogP contribution is -2.26. The van der Waals surface area contributed by atoms with E-state index in [2.05, 4.69) is 21.2 Å². The molecule has 0 aromatic heterocycles. The van der Waals surface area contributed by atoms with Crippen molar-refractivity contribution < 1.29 is 13.6 Å². The zero-order valence-electron chi connectivity index (χ0n) is 8.40. The van der Waals surface area contributed by atoms with Crippen LogP contribution in [-0.2, 0) is 0 Å². The number of benzene rings is 1. The lowest BCUT2D eigenvalue weighted by Gasteiger charge is -2.06. The van der Waals surface area contributed by atoms with Crippen LogP contribution in [0.1, 0.15) is 23.2 Å². The number of rotatable bonds is 4. The largest absolute Gasteiger partial charge is 0.307 e. The Kier molecular flexibility index (Phi) is 3.35. The third-order valence-electron chi connectivity index (χ3n) is 2.45. The topological polar surface area (TPSA) is 29.1 Å². The first-order chi connectivity index (χ1) is 7.59. The van der Waals surface area contributed by atoms with Gasteiger partial charge in [-0.1, -0.05) is 0 Å². The van der Waals surface area contributed by atoms with E-state index in [0.717, 1.165) is 18.9 Å². The molecule has 86 valence electrons. The monoisotopic (exact) mass is 289 g/mol. The van der Waals surface area contributed by atoms with E-state index >= 15 is 0 Å². The van der Waals surface area contributed by atoms with Crippen molar-refractivity contribution in [2.45, 2.75) is 18.9 Å². The van der Waals surface area contributed by atoms with Crippen LogP contribution in [-0.4, -0.2) is 18.4 Å². The Morgan fingerprint density at radius 1 is 1.44 bits per heavy atom. The second kappa shape index (κ2) is 4.59. The molecule has 1 saturated carbocycles. The first kappa shape index (κ1) is 11.7. The van der Waals surface area contributed by atoms with E-state index in [1.54, 1.807) is 0 Å². The summed E-state index contributed by atoms with van der Waals surface area (Å²) in [5.74, 6) is -2.20. The number of Topliss-reactive ketones (excluding diaryl/α,β-unsaturated/α-hetero) is 1. The molecule has 1 fully saturated rings. The van der Waals surface area contributed by atoms with Crippen LogP contribution >= 0.6 is 15.9 Å². The van der Waals surface area contributed by atoms with Gasteiger partial charge < -0.3 is 5.32 Å². The quantitative estimate of drug-likeness (QED) is 0.682.